The van der Waals surface area contributed by atoms with Crippen molar-refractivity contribution in [3.05, 3.63) is 58.7 Å². The van der Waals surface area contributed by atoms with Crippen molar-refractivity contribution in [3.63, 3.8) is 0 Å². The molecule has 4 aliphatic rings. The maximum Gasteiger partial charge on any atom is 0.202 e. The smallest absolute Gasteiger partial charge is 0.202 e. The molecule has 2 unspecified atom stereocenters. The Bertz CT molecular complexity index is 1420. The highest BCUT2D eigenvalue weighted by atomic mass is 16.3. The monoisotopic (exact) mass is 531 g/mol. The van der Waals surface area contributed by atoms with Crippen molar-refractivity contribution in [2.24, 2.45) is 17.8 Å². The second-order valence-corrected chi connectivity index (χ2v) is 11.6. The topological polar surface area (TPSA) is 135 Å². The minimum Gasteiger partial charge on any atom is -0.507 e. The third-order valence-corrected chi connectivity index (χ3v) is 9.24. The lowest BCUT2D eigenvalue weighted by molar-refractivity contribution is -0.174. The minimum atomic E-state index is -2.50. The summed E-state index contributed by atoms with van der Waals surface area (Å²) in [5.74, 6) is -6.08. The van der Waals surface area contributed by atoms with E-state index in [1.807, 2.05) is 18.2 Å². The quantitative estimate of drug-likeness (QED) is 0.443. The lowest BCUT2D eigenvalue weighted by atomic mass is 9.56. The van der Waals surface area contributed by atoms with Crippen LogP contribution >= 0.6 is 0 Å². The molecule has 3 fully saturated rings. The first-order valence-electron chi connectivity index (χ1n) is 13.7. The van der Waals surface area contributed by atoms with Gasteiger partial charge in [0.2, 0.25) is 5.78 Å². The van der Waals surface area contributed by atoms with Crippen LogP contribution in [0.4, 0.5) is 0 Å². The van der Waals surface area contributed by atoms with Crippen LogP contribution in [0.25, 0.3) is 16.9 Å². The largest absolute Gasteiger partial charge is 0.507 e. The van der Waals surface area contributed by atoms with Crippen molar-refractivity contribution in [1.82, 2.24) is 4.90 Å². The molecular formula is C31H33NO7. The van der Waals surface area contributed by atoms with Crippen molar-refractivity contribution >= 4 is 23.1 Å². The Labute approximate surface area is 226 Å². The van der Waals surface area contributed by atoms with E-state index in [0.717, 1.165) is 37.7 Å². The number of carbonyl (C=O) groups excluding carboxylic acids is 3. The van der Waals surface area contributed by atoms with E-state index in [9.17, 15) is 34.8 Å². The van der Waals surface area contributed by atoms with Gasteiger partial charge in [0.05, 0.1) is 11.7 Å². The van der Waals surface area contributed by atoms with E-state index in [-0.39, 0.29) is 29.7 Å². The van der Waals surface area contributed by atoms with Crippen molar-refractivity contribution in [3.8, 4) is 16.9 Å². The zero-order chi connectivity index (χ0) is 27.6. The molecule has 1 heterocycles. The molecule has 0 spiro atoms. The average molecular weight is 532 g/mol. The predicted molar refractivity (Wildman–Crippen MR) is 143 cm³/mol. The summed E-state index contributed by atoms with van der Waals surface area (Å²) in [5, 5.41) is 44.2. The third-order valence-electron chi connectivity index (χ3n) is 9.24. The molecule has 4 N–H and O–H groups in total. The normalized spacial score (nSPS) is 30.6. The summed E-state index contributed by atoms with van der Waals surface area (Å²) in [5.41, 5.74) is 1.17. The molecule has 0 radical (unpaired) electrons. The first kappa shape index (κ1) is 25.9. The highest BCUT2D eigenvalue weighted by molar-refractivity contribution is 6.24. The molecule has 0 aromatic heterocycles. The number of benzene rings is 2. The summed E-state index contributed by atoms with van der Waals surface area (Å²) >= 11 is 0. The number of hydrogen-bond acceptors (Lipinski definition) is 8. The van der Waals surface area contributed by atoms with Crippen molar-refractivity contribution in [2.75, 3.05) is 13.1 Å². The van der Waals surface area contributed by atoms with Crippen molar-refractivity contribution < 1.29 is 34.8 Å². The zero-order valence-corrected chi connectivity index (χ0v) is 21.9. The number of likely N-dealkylation sites (tertiary alicyclic amines) is 1. The number of rotatable bonds is 4. The van der Waals surface area contributed by atoms with Crippen LogP contribution in [0.1, 0.15) is 49.3 Å². The number of aliphatic hydroxyl groups is 3. The first-order valence-corrected chi connectivity index (χ1v) is 13.7. The van der Waals surface area contributed by atoms with Crippen LogP contribution in [0.2, 0.25) is 0 Å². The van der Waals surface area contributed by atoms with Crippen molar-refractivity contribution in [1.29, 1.82) is 0 Å². The van der Waals surface area contributed by atoms with E-state index >= 15 is 0 Å². The zero-order valence-electron chi connectivity index (χ0n) is 21.9. The molecule has 0 amide bonds. The van der Waals surface area contributed by atoms with Crippen LogP contribution in [0.5, 0.6) is 5.75 Å². The van der Waals surface area contributed by atoms with E-state index in [1.54, 1.807) is 0 Å². The Morgan fingerprint density at radius 3 is 2.54 bits per heavy atom. The average Bonchev–Trinajstić information content (AvgIpc) is 3.39. The number of phenolic OH excluding ortho intramolecular Hbond substituents is 1. The summed E-state index contributed by atoms with van der Waals surface area (Å²) < 4.78 is 0. The molecule has 0 bridgehead atoms. The van der Waals surface area contributed by atoms with Gasteiger partial charge < -0.3 is 20.4 Å². The number of aliphatic hydroxyl groups excluding tert-OH is 2. The number of aromatic hydroxyl groups is 1. The Balaban J connectivity index is 1.42. The molecule has 2 aromatic carbocycles. The standard InChI is InChI=1S/C31H33NO7/c1-16(33)25-24(35)14-20-12-19-13-22-21(18-6-4-5-17(11-18)15-32-9-2-3-10-32)7-8-23(34)27(22)28(36)26(19)30(38)31(20,39)29(25)37/h4-8,11,19-20,24-25,34-36,39H,2-3,9-10,12-15H2,1H3/t19-,20+,24?,25?,31-/m1/s1. The van der Waals surface area contributed by atoms with Gasteiger partial charge in [0.25, 0.3) is 0 Å². The van der Waals surface area contributed by atoms with E-state index in [1.165, 1.54) is 24.5 Å². The molecule has 8 heteroatoms. The second kappa shape index (κ2) is 9.40. The molecule has 1 aliphatic heterocycles. The molecule has 8 nitrogen and oxygen atoms in total. The molecule has 2 saturated carbocycles. The number of Topliss-reactive ketones (excluding diaryl/α,β-unsaturated/α-hetero) is 3. The van der Waals surface area contributed by atoms with E-state index in [4.69, 9.17) is 0 Å². The van der Waals surface area contributed by atoms with Crippen LogP contribution in [0.15, 0.2) is 42.0 Å². The van der Waals surface area contributed by atoms with E-state index < -0.39 is 52.6 Å². The molecule has 39 heavy (non-hydrogen) atoms. The molecule has 1 saturated heterocycles. The molecule has 5 atom stereocenters. The van der Waals surface area contributed by atoms with E-state index in [0.29, 0.717) is 12.0 Å². The molecular weight excluding hydrogens is 498 g/mol. The van der Waals surface area contributed by atoms with Gasteiger partial charge in [-0.3, -0.25) is 19.3 Å². The number of nitrogens with zero attached hydrogens (tertiary/aromatic N) is 1. The lowest BCUT2D eigenvalue weighted by Gasteiger charge is -2.48. The van der Waals surface area contributed by atoms with E-state index in [2.05, 4.69) is 17.0 Å². The fraction of sp³-hybridized carbons (Fsp3) is 0.452. The summed E-state index contributed by atoms with van der Waals surface area (Å²) in [6.07, 6.45) is 1.55. The van der Waals surface area contributed by atoms with Gasteiger partial charge in [0.15, 0.2) is 11.4 Å². The minimum absolute atomic E-state index is 0.0684. The summed E-state index contributed by atoms with van der Waals surface area (Å²) in [4.78, 5) is 41.5. The number of carbonyl (C=O) groups is 3. The number of fused-ring (bicyclic) bond motifs is 3. The van der Waals surface area contributed by atoms with Gasteiger partial charge in [-0.05, 0) is 92.4 Å². The number of phenols is 1. The fourth-order valence-corrected chi connectivity index (χ4v) is 7.37. The van der Waals surface area contributed by atoms with Crippen LogP contribution in [-0.2, 0) is 27.3 Å². The Hall–Kier alpha value is -3.33. The number of ketones is 3. The highest BCUT2D eigenvalue weighted by Crippen LogP contribution is 2.52. The molecule has 2 aromatic rings. The van der Waals surface area contributed by atoms with Crippen LogP contribution in [0.3, 0.4) is 0 Å². The Morgan fingerprint density at radius 2 is 1.82 bits per heavy atom. The van der Waals surface area contributed by atoms with Crippen molar-refractivity contribution in [2.45, 2.75) is 57.3 Å². The highest BCUT2D eigenvalue weighted by Gasteiger charge is 2.63. The van der Waals surface area contributed by atoms with Crippen LogP contribution in [-0.4, -0.2) is 67.5 Å². The van der Waals surface area contributed by atoms with Gasteiger partial charge >= 0.3 is 0 Å². The molecule has 6 rings (SSSR count). The summed E-state index contributed by atoms with van der Waals surface area (Å²) in [6, 6.07) is 11.5. The number of hydrogen-bond donors (Lipinski definition) is 4. The SMILES string of the molecule is CC(=O)C1C(=O)[C@@]2(O)C(=O)C3=C(O)c4c(O)ccc(-c5cccc(CN6CCCC6)c5)c4C[C@H]3C[C@H]2CC1O. The maximum absolute atomic E-state index is 13.7. The summed E-state index contributed by atoms with van der Waals surface area (Å²) in [7, 11) is 0. The Kier molecular flexibility index (Phi) is 6.25. The lowest BCUT2D eigenvalue weighted by Crippen LogP contribution is -2.65. The maximum atomic E-state index is 13.7. The Morgan fingerprint density at radius 1 is 1.08 bits per heavy atom. The summed E-state index contributed by atoms with van der Waals surface area (Å²) in [6.45, 7) is 4.15. The van der Waals surface area contributed by atoms with Gasteiger partial charge in [-0.15, -0.1) is 0 Å². The molecule has 3 aliphatic carbocycles. The first-order chi connectivity index (χ1) is 18.6. The van der Waals surface area contributed by atoms with Crippen LogP contribution in [0, 0.1) is 17.8 Å². The van der Waals surface area contributed by atoms with Gasteiger partial charge in [0, 0.05) is 18.0 Å². The predicted octanol–water partition coefficient (Wildman–Crippen LogP) is 2.96. The van der Waals surface area contributed by atoms with Gasteiger partial charge in [0.1, 0.15) is 23.2 Å². The van der Waals surface area contributed by atoms with Gasteiger partial charge in [-0.2, -0.15) is 0 Å². The fourth-order valence-electron chi connectivity index (χ4n) is 7.37. The third kappa shape index (κ3) is 3.96. The molecule has 204 valence electrons. The second-order valence-electron chi connectivity index (χ2n) is 11.6. The van der Waals surface area contributed by atoms with Crippen LogP contribution < -0.4 is 0 Å². The van der Waals surface area contributed by atoms with Gasteiger partial charge in [-0.1, -0.05) is 24.3 Å². The van der Waals surface area contributed by atoms with Gasteiger partial charge in [-0.25, -0.2) is 0 Å².